The highest BCUT2D eigenvalue weighted by molar-refractivity contribution is 5.76. The molecule has 2 spiro atoms. The van der Waals surface area contributed by atoms with Crippen LogP contribution in [0.4, 0.5) is 26.7 Å². The van der Waals surface area contributed by atoms with Crippen LogP contribution in [0.3, 0.4) is 0 Å². The van der Waals surface area contributed by atoms with Gasteiger partial charge in [-0.1, -0.05) is 0 Å². The molecule has 0 bridgehead atoms. The van der Waals surface area contributed by atoms with E-state index in [9.17, 15) is 26.7 Å². The van der Waals surface area contributed by atoms with Crippen molar-refractivity contribution in [3.63, 3.8) is 0 Å². The number of aromatic amines is 1. The molecule has 5 fully saturated rings. The molecular formula is C28H33F5N6O. The Morgan fingerprint density at radius 2 is 1.60 bits per heavy atom. The average molecular weight is 565 g/mol. The fourth-order valence-corrected chi connectivity index (χ4v) is 7.75. The SMILES string of the molecule is O=C(N1CC2(CCC(Cc3ccc(C(F)(F)F)cn3)CC2)C1)N1CC2(CC(c3n[nH]c(C4CC(F)(F)C4)n3)C2)C1. The largest absolute Gasteiger partial charge is 0.417 e. The molecule has 0 radical (unpaired) electrons. The number of urea groups is 1. The molecule has 1 N–H and O–H groups in total. The monoisotopic (exact) mass is 564 g/mol. The van der Waals surface area contributed by atoms with E-state index in [0.29, 0.717) is 23.9 Å². The molecule has 12 heteroatoms. The van der Waals surface area contributed by atoms with Crippen LogP contribution in [-0.4, -0.2) is 68.1 Å². The summed E-state index contributed by atoms with van der Waals surface area (Å²) in [5, 5.41) is 7.15. The Kier molecular flexibility index (Phi) is 5.78. The molecule has 0 unspecified atom stereocenters. The number of nitrogens with zero attached hydrogens (tertiary/aromatic N) is 5. The van der Waals surface area contributed by atoms with Crippen LogP contribution < -0.4 is 0 Å². The second-order valence-corrected chi connectivity index (χ2v) is 13.3. The van der Waals surface area contributed by atoms with E-state index in [1.54, 1.807) is 0 Å². The molecule has 3 saturated carbocycles. The Morgan fingerprint density at radius 1 is 0.950 bits per heavy atom. The lowest BCUT2D eigenvalue weighted by Gasteiger charge is -2.61. The van der Waals surface area contributed by atoms with Gasteiger partial charge >= 0.3 is 12.2 Å². The number of carbonyl (C=O) groups excluding carboxylic acids is 1. The maximum absolute atomic E-state index is 13.2. The summed E-state index contributed by atoms with van der Waals surface area (Å²) in [6.07, 6.45) is 2.85. The van der Waals surface area contributed by atoms with Gasteiger partial charge in [-0.15, -0.1) is 0 Å². The van der Waals surface area contributed by atoms with Crippen LogP contribution in [0.2, 0.25) is 0 Å². The highest BCUT2D eigenvalue weighted by Crippen LogP contribution is 2.56. The second kappa shape index (κ2) is 8.85. The smallest absolute Gasteiger partial charge is 0.323 e. The predicted molar refractivity (Wildman–Crippen MR) is 134 cm³/mol. The summed E-state index contributed by atoms with van der Waals surface area (Å²) < 4.78 is 64.6. The maximum Gasteiger partial charge on any atom is 0.417 e. The first-order valence-electron chi connectivity index (χ1n) is 14.3. The molecule has 216 valence electrons. The zero-order chi connectivity index (χ0) is 27.9. The number of H-pyrrole nitrogens is 1. The fourth-order valence-electron chi connectivity index (χ4n) is 7.75. The van der Waals surface area contributed by atoms with Crippen LogP contribution >= 0.6 is 0 Å². The zero-order valence-corrected chi connectivity index (χ0v) is 22.2. The number of pyridine rings is 1. The van der Waals surface area contributed by atoms with Gasteiger partial charge in [0.25, 0.3) is 0 Å². The van der Waals surface area contributed by atoms with Crippen molar-refractivity contribution in [2.75, 3.05) is 26.2 Å². The van der Waals surface area contributed by atoms with Gasteiger partial charge in [0.05, 0.1) is 5.56 Å². The zero-order valence-electron chi connectivity index (χ0n) is 22.2. The summed E-state index contributed by atoms with van der Waals surface area (Å²) in [6.45, 7) is 3.06. The van der Waals surface area contributed by atoms with Crippen molar-refractivity contribution in [1.82, 2.24) is 30.0 Å². The summed E-state index contributed by atoms with van der Waals surface area (Å²) >= 11 is 0. The van der Waals surface area contributed by atoms with Crippen LogP contribution in [0.25, 0.3) is 0 Å². The van der Waals surface area contributed by atoms with E-state index in [2.05, 4.69) is 20.2 Å². The molecule has 0 aromatic carbocycles. The molecule has 4 heterocycles. The van der Waals surface area contributed by atoms with Crippen molar-refractivity contribution in [1.29, 1.82) is 0 Å². The van der Waals surface area contributed by atoms with E-state index in [0.717, 1.165) is 82.8 Å². The Labute approximate surface area is 228 Å². The van der Waals surface area contributed by atoms with Gasteiger partial charge in [-0.05, 0) is 63.0 Å². The number of carbonyl (C=O) groups is 1. The van der Waals surface area contributed by atoms with Crippen molar-refractivity contribution < 1.29 is 26.7 Å². The van der Waals surface area contributed by atoms with Crippen molar-refractivity contribution in [2.24, 2.45) is 16.7 Å². The molecule has 2 amide bonds. The van der Waals surface area contributed by atoms with Crippen LogP contribution in [0.5, 0.6) is 0 Å². The third-order valence-corrected chi connectivity index (χ3v) is 10.2. The second-order valence-electron chi connectivity index (χ2n) is 13.3. The summed E-state index contributed by atoms with van der Waals surface area (Å²) in [6, 6.07) is 2.71. The molecule has 3 aliphatic carbocycles. The number of nitrogens with one attached hydrogen (secondary N) is 1. The van der Waals surface area contributed by atoms with Crippen molar-refractivity contribution in [2.45, 2.75) is 81.7 Å². The topological polar surface area (TPSA) is 78.0 Å². The minimum Gasteiger partial charge on any atom is -0.323 e. The first kappa shape index (κ1) is 26.1. The van der Waals surface area contributed by atoms with Crippen LogP contribution in [0, 0.1) is 16.7 Å². The van der Waals surface area contributed by atoms with Gasteiger partial charge < -0.3 is 9.80 Å². The molecule has 2 aromatic heterocycles. The number of alkyl halides is 5. The Balaban J connectivity index is 0.827. The van der Waals surface area contributed by atoms with E-state index < -0.39 is 17.7 Å². The van der Waals surface area contributed by atoms with Gasteiger partial charge in [0.1, 0.15) is 5.82 Å². The van der Waals surface area contributed by atoms with Gasteiger partial charge in [0.2, 0.25) is 5.92 Å². The van der Waals surface area contributed by atoms with E-state index in [4.69, 9.17) is 0 Å². The number of amides is 2. The lowest BCUT2D eigenvalue weighted by atomic mass is 9.57. The van der Waals surface area contributed by atoms with Gasteiger partial charge in [0, 0.05) is 73.6 Å². The highest BCUT2D eigenvalue weighted by atomic mass is 19.4. The third kappa shape index (κ3) is 4.64. The lowest BCUT2D eigenvalue weighted by molar-refractivity contribution is -0.137. The van der Waals surface area contributed by atoms with Crippen molar-refractivity contribution >= 4 is 6.03 Å². The number of hydrogen-bond donors (Lipinski definition) is 1. The number of likely N-dealkylation sites (tertiary alicyclic amines) is 2. The van der Waals surface area contributed by atoms with Crippen molar-refractivity contribution in [3.05, 3.63) is 41.2 Å². The van der Waals surface area contributed by atoms with Crippen LogP contribution in [0.1, 0.15) is 86.1 Å². The minimum absolute atomic E-state index is 0.113. The molecule has 7 rings (SSSR count). The average Bonchev–Trinajstić information content (AvgIpc) is 3.29. The normalized spacial score (nSPS) is 25.8. The Morgan fingerprint density at radius 3 is 2.17 bits per heavy atom. The van der Waals surface area contributed by atoms with E-state index >= 15 is 0 Å². The van der Waals surface area contributed by atoms with Crippen LogP contribution in [-0.2, 0) is 12.6 Å². The Hall–Kier alpha value is -2.79. The van der Waals surface area contributed by atoms with Gasteiger partial charge in [-0.25, -0.2) is 18.6 Å². The maximum atomic E-state index is 13.2. The molecule has 40 heavy (non-hydrogen) atoms. The molecular weight excluding hydrogens is 531 g/mol. The van der Waals surface area contributed by atoms with Gasteiger partial charge in [-0.2, -0.15) is 18.3 Å². The molecule has 2 saturated heterocycles. The standard InChI is InChI=1S/C28H33F5N6O/c29-27(30)10-19(11-27)23-35-22(36-37-23)18-8-26(9-18)15-39(16-26)24(40)38-13-25(14-38)5-3-17(4-6-25)7-21-2-1-20(12-34-21)28(31,32)33/h1-2,12,17-19H,3-11,13-16H2,(H,35,36,37). The summed E-state index contributed by atoms with van der Waals surface area (Å²) in [7, 11) is 0. The van der Waals surface area contributed by atoms with E-state index in [-0.39, 0.29) is 41.5 Å². The lowest BCUT2D eigenvalue weighted by Crippen LogP contribution is -2.69. The van der Waals surface area contributed by atoms with Crippen LogP contribution in [0.15, 0.2) is 18.3 Å². The quantitative estimate of drug-likeness (QED) is 0.479. The first-order chi connectivity index (χ1) is 18.9. The molecule has 2 aliphatic heterocycles. The third-order valence-electron chi connectivity index (χ3n) is 10.2. The molecule has 2 aromatic rings. The first-order valence-corrected chi connectivity index (χ1v) is 14.3. The van der Waals surface area contributed by atoms with Crippen molar-refractivity contribution in [3.8, 4) is 0 Å². The number of hydrogen-bond acceptors (Lipinski definition) is 4. The summed E-state index contributed by atoms with van der Waals surface area (Å²) in [4.78, 5) is 25.5. The summed E-state index contributed by atoms with van der Waals surface area (Å²) in [5.74, 6) is -0.877. The summed E-state index contributed by atoms with van der Waals surface area (Å²) in [5.41, 5.74) is 0.304. The highest BCUT2D eigenvalue weighted by Gasteiger charge is 2.57. The number of aromatic nitrogens is 4. The Bertz CT molecular complexity index is 1250. The minimum atomic E-state index is -4.36. The predicted octanol–water partition coefficient (Wildman–Crippen LogP) is 5.77. The van der Waals surface area contributed by atoms with E-state index in [1.165, 1.54) is 6.07 Å². The number of rotatable bonds is 4. The number of halogens is 5. The molecule has 0 atom stereocenters. The fraction of sp³-hybridized carbons (Fsp3) is 0.714. The van der Waals surface area contributed by atoms with Gasteiger partial charge in [-0.3, -0.25) is 10.1 Å². The van der Waals surface area contributed by atoms with Gasteiger partial charge in [0.15, 0.2) is 5.82 Å². The van der Waals surface area contributed by atoms with E-state index in [1.807, 2.05) is 9.80 Å². The molecule has 7 nitrogen and oxygen atoms in total. The molecule has 5 aliphatic rings.